The average Bonchev–Trinajstić information content (AvgIpc) is 2.92. The standard InChI is InChI=1S/C14H19NO3/c16-10-7-12-5-1-2-6-13(12)18-11-14(17)15-8-3-4-9-15/h1-2,5-6,16H,3-4,7-11H2. The van der Waals surface area contributed by atoms with Gasteiger partial charge >= 0.3 is 0 Å². The molecule has 0 atom stereocenters. The first-order chi connectivity index (χ1) is 8.81. The van der Waals surface area contributed by atoms with E-state index in [0.29, 0.717) is 12.2 Å². The quantitative estimate of drug-likeness (QED) is 0.853. The number of carbonyl (C=O) groups excluding carboxylic acids is 1. The van der Waals surface area contributed by atoms with Crippen LogP contribution in [0.3, 0.4) is 0 Å². The van der Waals surface area contributed by atoms with Gasteiger partial charge in [0.2, 0.25) is 0 Å². The molecule has 0 spiro atoms. The Bertz CT molecular complexity index is 400. The Hall–Kier alpha value is -1.55. The van der Waals surface area contributed by atoms with Crippen LogP contribution in [-0.2, 0) is 11.2 Å². The summed E-state index contributed by atoms with van der Waals surface area (Å²) in [7, 11) is 0. The summed E-state index contributed by atoms with van der Waals surface area (Å²) < 4.78 is 5.56. The zero-order valence-corrected chi connectivity index (χ0v) is 10.5. The minimum Gasteiger partial charge on any atom is -0.483 e. The van der Waals surface area contributed by atoms with E-state index in [1.54, 1.807) is 0 Å². The number of likely N-dealkylation sites (tertiary alicyclic amines) is 1. The number of carbonyl (C=O) groups is 1. The maximum atomic E-state index is 11.8. The van der Waals surface area contributed by atoms with Gasteiger partial charge in [0.25, 0.3) is 5.91 Å². The van der Waals surface area contributed by atoms with Crippen molar-refractivity contribution in [3.8, 4) is 5.75 Å². The molecule has 1 fully saturated rings. The molecular weight excluding hydrogens is 230 g/mol. The van der Waals surface area contributed by atoms with Gasteiger partial charge in [-0.2, -0.15) is 0 Å². The summed E-state index contributed by atoms with van der Waals surface area (Å²) in [5, 5.41) is 8.96. The van der Waals surface area contributed by atoms with Crippen LogP contribution >= 0.6 is 0 Å². The number of aliphatic hydroxyl groups is 1. The van der Waals surface area contributed by atoms with E-state index in [9.17, 15) is 4.79 Å². The van der Waals surface area contributed by atoms with Gasteiger partial charge in [-0.3, -0.25) is 4.79 Å². The molecule has 0 bridgehead atoms. The summed E-state index contributed by atoms with van der Waals surface area (Å²) in [5.74, 6) is 0.741. The first kappa shape index (κ1) is 12.9. The molecule has 1 heterocycles. The molecule has 0 aromatic heterocycles. The molecule has 4 heteroatoms. The Morgan fingerprint density at radius 2 is 2.00 bits per heavy atom. The van der Waals surface area contributed by atoms with Crippen molar-refractivity contribution in [2.24, 2.45) is 0 Å². The number of nitrogens with zero attached hydrogens (tertiary/aromatic N) is 1. The van der Waals surface area contributed by atoms with Gasteiger partial charge in [0.05, 0.1) is 0 Å². The predicted molar refractivity (Wildman–Crippen MR) is 68.5 cm³/mol. The highest BCUT2D eigenvalue weighted by atomic mass is 16.5. The topological polar surface area (TPSA) is 49.8 Å². The lowest BCUT2D eigenvalue weighted by Gasteiger charge is -2.16. The fourth-order valence-electron chi connectivity index (χ4n) is 2.17. The molecule has 0 unspecified atom stereocenters. The Labute approximate surface area is 107 Å². The number of benzene rings is 1. The second-order valence-corrected chi connectivity index (χ2v) is 4.46. The first-order valence-corrected chi connectivity index (χ1v) is 6.40. The van der Waals surface area contributed by atoms with Crippen molar-refractivity contribution in [1.82, 2.24) is 4.90 Å². The molecule has 1 aromatic carbocycles. The summed E-state index contributed by atoms with van der Waals surface area (Å²) >= 11 is 0. The molecule has 2 rings (SSSR count). The molecule has 1 aliphatic rings. The molecule has 1 saturated heterocycles. The maximum absolute atomic E-state index is 11.8. The maximum Gasteiger partial charge on any atom is 0.260 e. The number of ether oxygens (including phenoxy) is 1. The van der Waals surface area contributed by atoms with Crippen LogP contribution in [0.15, 0.2) is 24.3 Å². The lowest BCUT2D eigenvalue weighted by molar-refractivity contribution is -0.132. The Morgan fingerprint density at radius 1 is 1.28 bits per heavy atom. The molecule has 4 nitrogen and oxygen atoms in total. The normalized spacial score (nSPS) is 14.8. The number of hydrogen-bond acceptors (Lipinski definition) is 3. The lowest BCUT2D eigenvalue weighted by Crippen LogP contribution is -2.32. The minimum absolute atomic E-state index is 0.0475. The monoisotopic (exact) mass is 249 g/mol. The molecule has 1 N–H and O–H groups in total. The zero-order chi connectivity index (χ0) is 12.8. The Balaban J connectivity index is 1.90. The largest absolute Gasteiger partial charge is 0.483 e. The van der Waals surface area contributed by atoms with Gasteiger partial charge in [-0.05, 0) is 30.9 Å². The summed E-state index contributed by atoms with van der Waals surface area (Å²) in [6, 6.07) is 7.52. The smallest absolute Gasteiger partial charge is 0.260 e. The molecule has 1 aromatic rings. The van der Waals surface area contributed by atoms with Gasteiger partial charge in [0.15, 0.2) is 6.61 Å². The summed E-state index contributed by atoms with van der Waals surface area (Å²) in [6.45, 7) is 1.86. The van der Waals surface area contributed by atoms with Gasteiger partial charge in [-0.25, -0.2) is 0 Å². The summed E-state index contributed by atoms with van der Waals surface area (Å²) in [5.41, 5.74) is 0.939. The number of rotatable bonds is 5. The molecule has 98 valence electrons. The van der Waals surface area contributed by atoms with Crippen molar-refractivity contribution in [3.05, 3.63) is 29.8 Å². The van der Waals surface area contributed by atoms with Crippen LogP contribution in [0.4, 0.5) is 0 Å². The Morgan fingerprint density at radius 3 is 2.72 bits per heavy atom. The van der Waals surface area contributed by atoms with Gasteiger partial charge in [-0.15, -0.1) is 0 Å². The highest BCUT2D eigenvalue weighted by molar-refractivity contribution is 5.78. The van der Waals surface area contributed by atoms with Crippen molar-refractivity contribution in [2.75, 3.05) is 26.3 Å². The fourth-order valence-corrected chi connectivity index (χ4v) is 2.17. The molecule has 0 radical (unpaired) electrons. The second-order valence-electron chi connectivity index (χ2n) is 4.46. The minimum atomic E-state index is 0.0475. The van der Waals surface area contributed by atoms with Crippen LogP contribution in [0.1, 0.15) is 18.4 Å². The third kappa shape index (κ3) is 3.23. The molecular formula is C14H19NO3. The van der Waals surface area contributed by atoms with Gasteiger partial charge in [-0.1, -0.05) is 18.2 Å². The lowest BCUT2D eigenvalue weighted by atomic mass is 10.1. The molecule has 0 aliphatic carbocycles. The zero-order valence-electron chi connectivity index (χ0n) is 10.5. The second kappa shape index (κ2) is 6.40. The van der Waals surface area contributed by atoms with Crippen LogP contribution in [0.5, 0.6) is 5.75 Å². The molecule has 0 saturated carbocycles. The number of aliphatic hydroxyl groups excluding tert-OH is 1. The van der Waals surface area contributed by atoms with Crippen LogP contribution in [0.2, 0.25) is 0 Å². The van der Waals surface area contributed by atoms with E-state index in [4.69, 9.17) is 9.84 Å². The predicted octanol–water partition coefficient (Wildman–Crippen LogP) is 1.22. The highest BCUT2D eigenvalue weighted by Gasteiger charge is 2.18. The van der Waals surface area contributed by atoms with Gasteiger partial charge in [0.1, 0.15) is 5.75 Å². The Kier molecular flexibility index (Phi) is 4.59. The van der Waals surface area contributed by atoms with Gasteiger partial charge < -0.3 is 14.7 Å². The highest BCUT2D eigenvalue weighted by Crippen LogP contribution is 2.18. The van der Waals surface area contributed by atoms with E-state index < -0.39 is 0 Å². The average molecular weight is 249 g/mol. The van der Waals surface area contributed by atoms with Crippen LogP contribution in [0.25, 0.3) is 0 Å². The van der Waals surface area contributed by atoms with E-state index in [1.807, 2.05) is 29.2 Å². The number of para-hydroxylation sites is 1. The third-order valence-electron chi connectivity index (χ3n) is 3.16. The van der Waals surface area contributed by atoms with E-state index >= 15 is 0 Å². The fraction of sp³-hybridized carbons (Fsp3) is 0.500. The number of amides is 1. The summed E-state index contributed by atoms with van der Waals surface area (Å²) in [6.07, 6.45) is 2.73. The first-order valence-electron chi connectivity index (χ1n) is 6.40. The van der Waals surface area contributed by atoms with Crippen LogP contribution in [-0.4, -0.2) is 42.2 Å². The summed E-state index contributed by atoms with van der Waals surface area (Å²) in [4.78, 5) is 13.7. The van der Waals surface area contributed by atoms with Crippen molar-refractivity contribution < 1.29 is 14.6 Å². The van der Waals surface area contributed by atoms with Crippen molar-refractivity contribution >= 4 is 5.91 Å². The van der Waals surface area contributed by atoms with Crippen molar-refractivity contribution in [3.63, 3.8) is 0 Å². The van der Waals surface area contributed by atoms with E-state index in [-0.39, 0.29) is 19.1 Å². The van der Waals surface area contributed by atoms with Crippen molar-refractivity contribution in [1.29, 1.82) is 0 Å². The van der Waals surface area contributed by atoms with Crippen molar-refractivity contribution in [2.45, 2.75) is 19.3 Å². The van der Waals surface area contributed by atoms with Gasteiger partial charge in [0, 0.05) is 19.7 Å². The molecule has 1 aliphatic heterocycles. The number of hydrogen-bond donors (Lipinski definition) is 1. The third-order valence-corrected chi connectivity index (χ3v) is 3.16. The van der Waals surface area contributed by atoms with E-state index in [2.05, 4.69) is 0 Å². The van der Waals surface area contributed by atoms with Crippen LogP contribution in [0, 0.1) is 0 Å². The SMILES string of the molecule is O=C(COc1ccccc1CCO)N1CCCC1. The van der Waals surface area contributed by atoms with Crippen LogP contribution < -0.4 is 4.74 Å². The molecule has 1 amide bonds. The molecule has 18 heavy (non-hydrogen) atoms. The van der Waals surface area contributed by atoms with E-state index in [1.165, 1.54) is 0 Å². The van der Waals surface area contributed by atoms with E-state index in [0.717, 1.165) is 31.5 Å².